The molecule has 1 aliphatic heterocycles. The predicted octanol–water partition coefficient (Wildman–Crippen LogP) is 4.83. The molecular weight excluding hydrogens is 418 g/mol. The lowest BCUT2D eigenvalue weighted by atomic mass is 10.2. The smallest absolute Gasteiger partial charge is 0.281 e. The molecule has 1 aliphatic rings. The standard InChI is InChI=1S/C22H15N3O3S2/c1-27-14-6-4-5-13(11-14)25-21(26)17(24-22(25)29)12-15-9-10-18(28-15)20-23-16-7-2-3-8-19(16)30-20/h2-12H,1H3,(H,24,29)/b17-12-. The molecule has 0 unspecified atom stereocenters. The first kappa shape index (κ1) is 18.5. The molecule has 4 aromatic rings. The molecule has 0 spiro atoms. The number of rotatable bonds is 4. The molecule has 1 N–H and O–H groups in total. The third-order valence-electron chi connectivity index (χ3n) is 4.61. The van der Waals surface area contributed by atoms with Gasteiger partial charge >= 0.3 is 0 Å². The van der Waals surface area contributed by atoms with Gasteiger partial charge in [0, 0.05) is 12.1 Å². The maximum atomic E-state index is 12.9. The number of thiocarbonyl (C=S) groups is 1. The van der Waals surface area contributed by atoms with Crippen molar-refractivity contribution in [1.29, 1.82) is 0 Å². The van der Waals surface area contributed by atoms with E-state index in [-0.39, 0.29) is 5.91 Å². The maximum absolute atomic E-state index is 12.9. The summed E-state index contributed by atoms with van der Waals surface area (Å²) in [4.78, 5) is 19.0. The molecule has 0 radical (unpaired) electrons. The summed E-state index contributed by atoms with van der Waals surface area (Å²) in [5.41, 5.74) is 1.91. The number of nitrogens with one attached hydrogen (secondary N) is 1. The Morgan fingerprint density at radius 2 is 2.03 bits per heavy atom. The van der Waals surface area contributed by atoms with Crippen LogP contribution in [0.25, 0.3) is 27.1 Å². The number of ether oxygens (including phenoxy) is 1. The van der Waals surface area contributed by atoms with Crippen molar-refractivity contribution in [2.45, 2.75) is 0 Å². The Morgan fingerprint density at radius 3 is 2.87 bits per heavy atom. The highest BCUT2D eigenvalue weighted by Gasteiger charge is 2.32. The first-order valence-corrected chi connectivity index (χ1v) is 10.3. The van der Waals surface area contributed by atoms with Crippen molar-refractivity contribution in [1.82, 2.24) is 10.3 Å². The van der Waals surface area contributed by atoms with Crippen molar-refractivity contribution in [2.24, 2.45) is 0 Å². The number of carbonyl (C=O) groups excluding carboxylic acids is 1. The van der Waals surface area contributed by atoms with Gasteiger partial charge in [0.1, 0.15) is 17.2 Å². The van der Waals surface area contributed by atoms with Crippen LogP contribution >= 0.6 is 23.6 Å². The lowest BCUT2D eigenvalue weighted by Crippen LogP contribution is -2.30. The summed E-state index contributed by atoms with van der Waals surface area (Å²) in [5, 5.41) is 4.06. The molecule has 0 saturated carbocycles. The zero-order chi connectivity index (χ0) is 20.7. The zero-order valence-electron chi connectivity index (χ0n) is 15.8. The number of hydrogen-bond donors (Lipinski definition) is 1. The number of amides is 1. The van der Waals surface area contributed by atoms with E-state index in [1.807, 2.05) is 42.5 Å². The molecule has 1 saturated heterocycles. The number of benzene rings is 2. The van der Waals surface area contributed by atoms with Crippen molar-refractivity contribution in [2.75, 3.05) is 12.0 Å². The molecule has 0 aliphatic carbocycles. The van der Waals surface area contributed by atoms with Crippen molar-refractivity contribution < 1.29 is 13.9 Å². The second-order valence-corrected chi connectivity index (χ2v) is 7.94. The molecule has 6 nitrogen and oxygen atoms in total. The van der Waals surface area contributed by atoms with E-state index in [0.29, 0.717) is 33.8 Å². The molecule has 1 fully saturated rings. The van der Waals surface area contributed by atoms with Crippen LogP contribution in [0, 0.1) is 0 Å². The number of thiazole rings is 1. The van der Waals surface area contributed by atoms with Gasteiger partial charge in [-0.1, -0.05) is 18.2 Å². The minimum Gasteiger partial charge on any atom is -0.497 e. The fourth-order valence-electron chi connectivity index (χ4n) is 3.18. The normalized spacial score (nSPS) is 15.2. The number of para-hydroxylation sites is 1. The van der Waals surface area contributed by atoms with E-state index >= 15 is 0 Å². The van der Waals surface area contributed by atoms with Crippen molar-refractivity contribution in [3.63, 3.8) is 0 Å². The van der Waals surface area contributed by atoms with Gasteiger partial charge in [-0.2, -0.15) is 0 Å². The minimum absolute atomic E-state index is 0.258. The van der Waals surface area contributed by atoms with Crippen LogP contribution in [0.4, 0.5) is 5.69 Å². The second-order valence-electron chi connectivity index (χ2n) is 6.52. The Morgan fingerprint density at radius 1 is 1.17 bits per heavy atom. The SMILES string of the molecule is COc1cccc(N2C(=O)/C(=C/c3ccc(-c4nc5ccccc5s4)o3)NC2=S)c1. The third kappa shape index (κ3) is 3.26. The molecule has 2 aromatic heterocycles. The molecule has 30 heavy (non-hydrogen) atoms. The van der Waals surface area contributed by atoms with Gasteiger partial charge in [-0.15, -0.1) is 11.3 Å². The number of nitrogens with zero attached hydrogens (tertiary/aromatic N) is 2. The summed E-state index contributed by atoms with van der Waals surface area (Å²) < 4.78 is 12.3. The van der Waals surface area contributed by atoms with E-state index in [1.165, 1.54) is 4.90 Å². The van der Waals surface area contributed by atoms with E-state index in [2.05, 4.69) is 10.3 Å². The Labute approximate surface area is 181 Å². The Hall–Kier alpha value is -3.49. The monoisotopic (exact) mass is 433 g/mol. The van der Waals surface area contributed by atoms with E-state index in [1.54, 1.807) is 42.7 Å². The average molecular weight is 434 g/mol. The van der Waals surface area contributed by atoms with Gasteiger partial charge in [0.05, 0.1) is 23.0 Å². The largest absolute Gasteiger partial charge is 0.497 e. The van der Waals surface area contributed by atoms with Gasteiger partial charge in [0.15, 0.2) is 15.9 Å². The Bertz CT molecular complexity index is 1290. The topological polar surface area (TPSA) is 67.6 Å². The number of fused-ring (bicyclic) bond motifs is 1. The number of methoxy groups -OCH3 is 1. The highest BCUT2D eigenvalue weighted by atomic mass is 32.1. The highest BCUT2D eigenvalue weighted by Crippen LogP contribution is 2.32. The van der Waals surface area contributed by atoms with Crippen LogP contribution in [0.2, 0.25) is 0 Å². The molecule has 148 valence electrons. The highest BCUT2D eigenvalue weighted by molar-refractivity contribution is 7.80. The Kier molecular flexibility index (Phi) is 4.57. The van der Waals surface area contributed by atoms with Crippen molar-refractivity contribution >= 4 is 56.6 Å². The van der Waals surface area contributed by atoms with Crippen LogP contribution in [0.15, 0.2) is 70.8 Å². The average Bonchev–Trinajstić information content (AvgIpc) is 3.46. The van der Waals surface area contributed by atoms with Gasteiger partial charge in [-0.3, -0.25) is 9.69 Å². The first-order chi connectivity index (χ1) is 14.6. The summed E-state index contributed by atoms with van der Waals surface area (Å²) in [6.45, 7) is 0. The number of furan rings is 1. The van der Waals surface area contributed by atoms with E-state index in [9.17, 15) is 4.79 Å². The van der Waals surface area contributed by atoms with Crippen molar-refractivity contribution in [3.8, 4) is 16.5 Å². The van der Waals surface area contributed by atoms with Crippen LogP contribution in [0.3, 0.4) is 0 Å². The lowest BCUT2D eigenvalue weighted by Gasteiger charge is -2.14. The van der Waals surface area contributed by atoms with Gasteiger partial charge < -0.3 is 14.5 Å². The van der Waals surface area contributed by atoms with Gasteiger partial charge in [0.2, 0.25) is 0 Å². The van der Waals surface area contributed by atoms with Gasteiger partial charge in [0.25, 0.3) is 5.91 Å². The molecule has 0 bridgehead atoms. The molecule has 0 atom stereocenters. The van der Waals surface area contributed by atoms with Crippen LogP contribution < -0.4 is 15.0 Å². The van der Waals surface area contributed by atoms with Crippen molar-refractivity contribution in [3.05, 3.63) is 72.1 Å². The maximum Gasteiger partial charge on any atom is 0.281 e. The van der Waals surface area contributed by atoms with E-state index < -0.39 is 0 Å². The van der Waals surface area contributed by atoms with E-state index in [4.69, 9.17) is 21.4 Å². The fraction of sp³-hybridized carbons (Fsp3) is 0.0455. The van der Waals surface area contributed by atoms with E-state index in [0.717, 1.165) is 15.2 Å². The molecule has 8 heteroatoms. The molecule has 1 amide bonds. The summed E-state index contributed by atoms with van der Waals surface area (Å²) in [5.74, 6) is 1.58. The number of hydrogen-bond acceptors (Lipinski definition) is 6. The summed E-state index contributed by atoms with van der Waals surface area (Å²) in [6.07, 6.45) is 1.64. The summed E-state index contributed by atoms with van der Waals surface area (Å²) in [6, 6.07) is 18.8. The van der Waals surface area contributed by atoms with Crippen LogP contribution in [-0.4, -0.2) is 23.1 Å². The molecule has 3 heterocycles. The first-order valence-electron chi connectivity index (χ1n) is 9.09. The third-order valence-corrected chi connectivity index (χ3v) is 5.94. The predicted molar refractivity (Wildman–Crippen MR) is 122 cm³/mol. The molecular formula is C22H15N3O3S2. The molecule has 2 aromatic carbocycles. The quantitative estimate of drug-likeness (QED) is 0.367. The minimum atomic E-state index is -0.258. The Balaban J connectivity index is 1.43. The van der Waals surface area contributed by atoms with Crippen LogP contribution in [-0.2, 0) is 4.79 Å². The summed E-state index contributed by atoms with van der Waals surface area (Å²) >= 11 is 6.92. The van der Waals surface area contributed by atoms with Gasteiger partial charge in [-0.25, -0.2) is 4.98 Å². The fourth-order valence-corrected chi connectivity index (χ4v) is 4.41. The number of aromatic nitrogens is 1. The second kappa shape index (κ2) is 7.40. The summed E-state index contributed by atoms with van der Waals surface area (Å²) in [7, 11) is 1.58. The number of carbonyl (C=O) groups is 1. The molecule has 5 rings (SSSR count). The van der Waals surface area contributed by atoms with Crippen LogP contribution in [0.5, 0.6) is 5.75 Å². The lowest BCUT2D eigenvalue weighted by molar-refractivity contribution is -0.113. The van der Waals surface area contributed by atoms with Crippen LogP contribution in [0.1, 0.15) is 5.76 Å². The zero-order valence-corrected chi connectivity index (χ0v) is 17.4. The number of anilines is 1. The van der Waals surface area contributed by atoms with Gasteiger partial charge in [-0.05, 0) is 48.6 Å².